The van der Waals surface area contributed by atoms with Crippen molar-refractivity contribution in [2.45, 2.75) is 19.8 Å². The van der Waals surface area contributed by atoms with Gasteiger partial charge in [0.15, 0.2) is 11.5 Å². The van der Waals surface area contributed by atoms with Crippen LogP contribution >= 0.6 is 0 Å². The second-order valence-electron chi connectivity index (χ2n) is 5.34. The van der Waals surface area contributed by atoms with Gasteiger partial charge >= 0.3 is 0 Å². The smallest absolute Gasteiger partial charge is 0.224 e. The number of carbonyl (C=O) groups excluding carboxylic acids is 1. The molecule has 1 heterocycles. The summed E-state index contributed by atoms with van der Waals surface area (Å²) < 4.78 is 11.0. The maximum absolute atomic E-state index is 12.1. The van der Waals surface area contributed by atoms with Crippen LogP contribution in [0.1, 0.15) is 17.5 Å². The summed E-state index contributed by atoms with van der Waals surface area (Å²) in [5.41, 5.74) is 3.01. The summed E-state index contributed by atoms with van der Waals surface area (Å²) in [5.74, 6) is 1.56. The number of anilines is 1. The fourth-order valence-corrected chi connectivity index (χ4v) is 2.43. The zero-order chi connectivity index (χ0) is 15.4. The predicted octanol–water partition coefficient (Wildman–Crippen LogP) is 3.34. The normalized spacial score (nSPS) is 12.8. The molecule has 0 spiro atoms. The first-order valence-electron chi connectivity index (χ1n) is 7.46. The average Bonchev–Trinajstić information content (AvgIpc) is 2.55. The fourth-order valence-electron chi connectivity index (χ4n) is 2.43. The van der Waals surface area contributed by atoms with Gasteiger partial charge in [0.05, 0.1) is 0 Å². The zero-order valence-corrected chi connectivity index (χ0v) is 12.6. The number of hydrogen-bond donors (Lipinski definition) is 1. The number of carbonyl (C=O) groups is 1. The van der Waals surface area contributed by atoms with Gasteiger partial charge in [0.1, 0.15) is 13.2 Å². The van der Waals surface area contributed by atoms with E-state index in [0.29, 0.717) is 26.1 Å². The van der Waals surface area contributed by atoms with E-state index in [9.17, 15) is 4.79 Å². The summed E-state index contributed by atoms with van der Waals surface area (Å²) in [4.78, 5) is 12.1. The number of rotatable bonds is 4. The fraction of sp³-hybridized carbons (Fsp3) is 0.278. The van der Waals surface area contributed by atoms with Crippen LogP contribution in [-0.4, -0.2) is 19.1 Å². The van der Waals surface area contributed by atoms with Crippen molar-refractivity contribution in [1.29, 1.82) is 0 Å². The highest BCUT2D eigenvalue weighted by Gasteiger charge is 2.12. The van der Waals surface area contributed by atoms with Gasteiger partial charge in [0.25, 0.3) is 0 Å². The van der Waals surface area contributed by atoms with Crippen molar-refractivity contribution in [3.8, 4) is 11.5 Å². The minimum atomic E-state index is 0.0178. The van der Waals surface area contributed by atoms with Crippen molar-refractivity contribution in [3.05, 3.63) is 53.6 Å². The van der Waals surface area contributed by atoms with Gasteiger partial charge < -0.3 is 14.8 Å². The molecule has 1 aliphatic rings. The van der Waals surface area contributed by atoms with E-state index >= 15 is 0 Å². The molecule has 0 unspecified atom stereocenters. The Morgan fingerprint density at radius 1 is 1.09 bits per heavy atom. The molecule has 2 aromatic carbocycles. The summed E-state index contributed by atoms with van der Waals surface area (Å²) in [5, 5.41) is 2.95. The quantitative estimate of drug-likeness (QED) is 0.941. The third-order valence-corrected chi connectivity index (χ3v) is 3.67. The first-order valence-corrected chi connectivity index (χ1v) is 7.46. The molecule has 114 valence electrons. The van der Waals surface area contributed by atoms with Crippen molar-refractivity contribution in [2.24, 2.45) is 0 Å². The summed E-state index contributed by atoms with van der Waals surface area (Å²) >= 11 is 0. The minimum Gasteiger partial charge on any atom is -0.486 e. The van der Waals surface area contributed by atoms with Gasteiger partial charge in [-0.25, -0.2) is 0 Å². The van der Waals surface area contributed by atoms with E-state index < -0.39 is 0 Å². The molecule has 0 atom stereocenters. The Morgan fingerprint density at radius 2 is 1.86 bits per heavy atom. The number of aryl methyl sites for hydroxylation is 2. The van der Waals surface area contributed by atoms with E-state index in [0.717, 1.165) is 28.3 Å². The van der Waals surface area contributed by atoms with Crippen molar-refractivity contribution < 1.29 is 14.3 Å². The Morgan fingerprint density at radius 3 is 2.68 bits per heavy atom. The van der Waals surface area contributed by atoms with E-state index in [2.05, 4.69) is 5.32 Å². The van der Waals surface area contributed by atoms with Crippen molar-refractivity contribution in [1.82, 2.24) is 0 Å². The molecule has 0 aliphatic carbocycles. The molecule has 0 aromatic heterocycles. The number of nitrogens with one attached hydrogen (secondary N) is 1. The Labute approximate surface area is 130 Å². The maximum Gasteiger partial charge on any atom is 0.224 e. The molecular formula is C18H19NO3. The van der Waals surface area contributed by atoms with Gasteiger partial charge in [0, 0.05) is 12.1 Å². The maximum atomic E-state index is 12.1. The SMILES string of the molecule is Cc1ccccc1NC(=O)CCc1ccc2c(c1)OCCO2. The minimum absolute atomic E-state index is 0.0178. The molecule has 0 fully saturated rings. The lowest BCUT2D eigenvalue weighted by Crippen LogP contribution is -2.16. The van der Waals surface area contributed by atoms with E-state index in [-0.39, 0.29) is 5.91 Å². The second kappa shape index (κ2) is 6.52. The van der Waals surface area contributed by atoms with Gasteiger partial charge in [-0.05, 0) is 42.7 Å². The molecule has 3 rings (SSSR count). The predicted molar refractivity (Wildman–Crippen MR) is 85.6 cm³/mol. The number of hydrogen-bond acceptors (Lipinski definition) is 3. The molecule has 22 heavy (non-hydrogen) atoms. The van der Waals surface area contributed by atoms with Gasteiger partial charge in [-0.3, -0.25) is 4.79 Å². The van der Waals surface area contributed by atoms with E-state index in [4.69, 9.17) is 9.47 Å². The summed E-state index contributed by atoms with van der Waals surface area (Å²) in [6.45, 7) is 3.14. The molecule has 0 radical (unpaired) electrons. The zero-order valence-electron chi connectivity index (χ0n) is 12.6. The van der Waals surface area contributed by atoms with Crippen LogP contribution in [0.5, 0.6) is 11.5 Å². The van der Waals surface area contributed by atoms with Crippen LogP contribution in [0.25, 0.3) is 0 Å². The number of para-hydroxylation sites is 1. The highest BCUT2D eigenvalue weighted by atomic mass is 16.6. The molecule has 4 nitrogen and oxygen atoms in total. The molecule has 4 heteroatoms. The van der Waals surface area contributed by atoms with Crippen molar-refractivity contribution in [3.63, 3.8) is 0 Å². The van der Waals surface area contributed by atoms with Gasteiger partial charge in [-0.15, -0.1) is 0 Å². The van der Waals surface area contributed by atoms with Crippen LogP contribution in [0.15, 0.2) is 42.5 Å². The Bertz CT molecular complexity index is 682. The summed E-state index contributed by atoms with van der Waals surface area (Å²) in [6, 6.07) is 13.6. The number of fused-ring (bicyclic) bond motifs is 1. The Balaban J connectivity index is 1.58. The van der Waals surface area contributed by atoms with Crippen LogP contribution in [0.2, 0.25) is 0 Å². The molecular weight excluding hydrogens is 278 g/mol. The van der Waals surface area contributed by atoms with Gasteiger partial charge in [-0.1, -0.05) is 24.3 Å². The lowest BCUT2D eigenvalue weighted by Gasteiger charge is -2.18. The third-order valence-electron chi connectivity index (χ3n) is 3.67. The average molecular weight is 297 g/mol. The van der Waals surface area contributed by atoms with E-state index in [1.54, 1.807) is 0 Å². The number of ether oxygens (including phenoxy) is 2. The molecule has 2 aromatic rings. The molecule has 1 aliphatic heterocycles. The molecule has 0 saturated carbocycles. The van der Waals surface area contributed by atoms with E-state index in [1.807, 2.05) is 49.4 Å². The Hall–Kier alpha value is -2.49. The molecule has 0 saturated heterocycles. The standard InChI is InChI=1S/C18H19NO3/c1-13-4-2-3-5-15(13)19-18(20)9-7-14-6-8-16-17(12-14)22-11-10-21-16/h2-6,8,12H,7,9-11H2,1H3,(H,19,20). The number of benzene rings is 2. The lowest BCUT2D eigenvalue weighted by atomic mass is 10.1. The Kier molecular flexibility index (Phi) is 4.28. The highest BCUT2D eigenvalue weighted by molar-refractivity contribution is 5.91. The molecule has 1 amide bonds. The second-order valence-corrected chi connectivity index (χ2v) is 5.34. The topological polar surface area (TPSA) is 47.6 Å². The lowest BCUT2D eigenvalue weighted by molar-refractivity contribution is -0.116. The monoisotopic (exact) mass is 297 g/mol. The van der Waals surface area contributed by atoms with Crippen LogP contribution in [-0.2, 0) is 11.2 Å². The van der Waals surface area contributed by atoms with Crippen LogP contribution < -0.4 is 14.8 Å². The van der Waals surface area contributed by atoms with E-state index in [1.165, 1.54) is 0 Å². The molecule has 0 bridgehead atoms. The van der Waals surface area contributed by atoms with Gasteiger partial charge in [0.2, 0.25) is 5.91 Å². The van der Waals surface area contributed by atoms with Crippen LogP contribution in [0, 0.1) is 6.92 Å². The first kappa shape index (κ1) is 14.4. The molecule has 1 N–H and O–H groups in total. The van der Waals surface area contributed by atoms with Crippen LogP contribution in [0.3, 0.4) is 0 Å². The first-order chi connectivity index (χ1) is 10.7. The summed E-state index contributed by atoms with van der Waals surface area (Å²) in [6.07, 6.45) is 1.11. The third kappa shape index (κ3) is 3.39. The van der Waals surface area contributed by atoms with Crippen molar-refractivity contribution in [2.75, 3.05) is 18.5 Å². The highest BCUT2D eigenvalue weighted by Crippen LogP contribution is 2.31. The van der Waals surface area contributed by atoms with Crippen molar-refractivity contribution >= 4 is 11.6 Å². The van der Waals surface area contributed by atoms with Crippen LogP contribution in [0.4, 0.5) is 5.69 Å². The summed E-state index contributed by atoms with van der Waals surface area (Å²) in [7, 11) is 0. The number of amides is 1. The van der Waals surface area contributed by atoms with Gasteiger partial charge in [-0.2, -0.15) is 0 Å². The largest absolute Gasteiger partial charge is 0.486 e.